The zero-order valence-electron chi connectivity index (χ0n) is 11.2. The van der Waals surface area contributed by atoms with Gasteiger partial charge in [-0.15, -0.1) is 0 Å². The number of hydrogen-bond donors (Lipinski definition) is 1. The standard InChI is InChI=1S/C14H12N4O2S/c1-20-14(19)11(9-5-3-2-4-6-9)21-13-10-12(16-7-15-10)17-8-18-13/h2-8,11H,1H3,(H,15,16,17,18). The van der Waals surface area contributed by atoms with Gasteiger partial charge in [-0.1, -0.05) is 42.1 Å². The lowest BCUT2D eigenvalue weighted by Crippen LogP contribution is -2.11. The minimum absolute atomic E-state index is 0.322. The third kappa shape index (κ3) is 2.73. The Bertz CT molecular complexity index is 760. The van der Waals surface area contributed by atoms with Crippen molar-refractivity contribution in [2.24, 2.45) is 0 Å². The average Bonchev–Trinajstić information content (AvgIpc) is 3.02. The second kappa shape index (κ2) is 5.92. The smallest absolute Gasteiger partial charge is 0.323 e. The Morgan fingerprint density at radius 2 is 2.05 bits per heavy atom. The molecule has 3 rings (SSSR count). The molecular formula is C14H12N4O2S. The predicted octanol–water partition coefficient (Wildman–Crippen LogP) is 2.36. The number of carbonyl (C=O) groups excluding carboxylic acids is 1. The maximum Gasteiger partial charge on any atom is 0.323 e. The number of ether oxygens (including phenoxy) is 1. The summed E-state index contributed by atoms with van der Waals surface area (Å²) < 4.78 is 4.90. The van der Waals surface area contributed by atoms with Crippen LogP contribution in [0.2, 0.25) is 0 Å². The van der Waals surface area contributed by atoms with Crippen molar-refractivity contribution >= 4 is 28.9 Å². The molecule has 2 aromatic heterocycles. The van der Waals surface area contributed by atoms with Gasteiger partial charge in [0.15, 0.2) is 5.65 Å². The van der Waals surface area contributed by atoms with Crippen LogP contribution in [0.5, 0.6) is 0 Å². The Hall–Kier alpha value is -2.41. The highest BCUT2D eigenvalue weighted by Gasteiger charge is 2.24. The molecule has 1 aromatic carbocycles. The van der Waals surface area contributed by atoms with Crippen molar-refractivity contribution in [2.45, 2.75) is 10.3 Å². The van der Waals surface area contributed by atoms with Crippen molar-refractivity contribution in [3.63, 3.8) is 0 Å². The largest absolute Gasteiger partial charge is 0.468 e. The quantitative estimate of drug-likeness (QED) is 0.452. The number of hydrogen-bond acceptors (Lipinski definition) is 6. The molecular weight excluding hydrogens is 288 g/mol. The molecule has 106 valence electrons. The van der Waals surface area contributed by atoms with Crippen LogP contribution < -0.4 is 0 Å². The zero-order chi connectivity index (χ0) is 14.7. The van der Waals surface area contributed by atoms with Crippen LogP contribution in [0, 0.1) is 0 Å². The van der Waals surface area contributed by atoms with Gasteiger partial charge >= 0.3 is 5.97 Å². The molecule has 6 nitrogen and oxygen atoms in total. The molecule has 1 atom stereocenters. The Morgan fingerprint density at radius 1 is 1.24 bits per heavy atom. The lowest BCUT2D eigenvalue weighted by molar-refractivity contribution is -0.140. The number of fused-ring (bicyclic) bond motifs is 1. The highest BCUT2D eigenvalue weighted by Crippen LogP contribution is 2.37. The maximum absolute atomic E-state index is 12.1. The second-order valence-corrected chi connectivity index (χ2v) is 5.31. The predicted molar refractivity (Wildman–Crippen MR) is 78.7 cm³/mol. The van der Waals surface area contributed by atoms with Crippen molar-refractivity contribution in [1.29, 1.82) is 0 Å². The number of rotatable bonds is 4. The molecule has 0 bridgehead atoms. The molecule has 0 saturated carbocycles. The molecule has 0 saturated heterocycles. The van der Waals surface area contributed by atoms with Crippen LogP contribution in [0.1, 0.15) is 10.8 Å². The molecule has 2 heterocycles. The van der Waals surface area contributed by atoms with Gasteiger partial charge in [0.2, 0.25) is 0 Å². The topological polar surface area (TPSA) is 80.8 Å². The number of carbonyl (C=O) groups is 1. The number of esters is 1. The Balaban J connectivity index is 1.99. The summed E-state index contributed by atoms with van der Waals surface area (Å²) in [5, 5.41) is 0.175. The van der Waals surface area contributed by atoms with E-state index in [0.29, 0.717) is 16.2 Å². The molecule has 0 fully saturated rings. The molecule has 7 heteroatoms. The van der Waals surface area contributed by atoms with Gasteiger partial charge in [0.1, 0.15) is 22.1 Å². The van der Waals surface area contributed by atoms with Crippen LogP contribution in [0.3, 0.4) is 0 Å². The van der Waals surface area contributed by atoms with Crippen molar-refractivity contribution in [1.82, 2.24) is 19.9 Å². The first-order chi connectivity index (χ1) is 10.3. The molecule has 21 heavy (non-hydrogen) atoms. The first kappa shape index (κ1) is 13.6. The second-order valence-electron chi connectivity index (χ2n) is 4.21. The number of aromatic amines is 1. The van der Waals surface area contributed by atoms with Gasteiger partial charge in [0.05, 0.1) is 13.4 Å². The molecule has 1 unspecified atom stereocenters. The number of imidazole rings is 1. The summed E-state index contributed by atoms with van der Waals surface area (Å²) in [6, 6.07) is 9.45. The summed E-state index contributed by atoms with van der Waals surface area (Å²) in [5.74, 6) is -0.322. The molecule has 0 aliphatic rings. The van der Waals surface area contributed by atoms with E-state index in [1.807, 2.05) is 30.3 Å². The fourth-order valence-electron chi connectivity index (χ4n) is 1.93. The minimum Gasteiger partial charge on any atom is -0.468 e. The van der Waals surface area contributed by atoms with Crippen molar-refractivity contribution in [2.75, 3.05) is 7.11 Å². The zero-order valence-corrected chi connectivity index (χ0v) is 12.0. The fraction of sp³-hybridized carbons (Fsp3) is 0.143. The van der Waals surface area contributed by atoms with Crippen LogP contribution in [0.15, 0.2) is 48.0 Å². The van der Waals surface area contributed by atoms with Crippen molar-refractivity contribution in [3.05, 3.63) is 48.5 Å². The molecule has 3 aromatic rings. The SMILES string of the molecule is COC(=O)C(Sc1ncnc2nc[nH]c12)c1ccccc1. The normalized spacial score (nSPS) is 12.2. The Morgan fingerprint density at radius 3 is 2.81 bits per heavy atom. The summed E-state index contributed by atoms with van der Waals surface area (Å²) in [6.45, 7) is 0. The van der Waals surface area contributed by atoms with Crippen molar-refractivity contribution < 1.29 is 9.53 Å². The number of methoxy groups -OCH3 is 1. The van der Waals surface area contributed by atoms with E-state index in [1.54, 1.807) is 6.33 Å². The molecule has 1 N–H and O–H groups in total. The van der Waals surface area contributed by atoms with E-state index in [4.69, 9.17) is 4.74 Å². The third-order valence-electron chi connectivity index (χ3n) is 2.94. The number of nitrogens with one attached hydrogen (secondary N) is 1. The van der Waals surface area contributed by atoms with E-state index in [2.05, 4.69) is 19.9 Å². The molecule has 0 aliphatic heterocycles. The van der Waals surface area contributed by atoms with Gasteiger partial charge in [-0.2, -0.15) is 0 Å². The highest BCUT2D eigenvalue weighted by atomic mass is 32.2. The summed E-state index contributed by atoms with van der Waals surface area (Å²) >= 11 is 1.31. The third-order valence-corrected chi connectivity index (χ3v) is 4.17. The van der Waals surface area contributed by atoms with E-state index in [9.17, 15) is 4.79 Å². The van der Waals surface area contributed by atoms with Gasteiger partial charge in [-0.25, -0.2) is 15.0 Å². The lowest BCUT2D eigenvalue weighted by Gasteiger charge is -2.14. The maximum atomic E-state index is 12.1. The minimum atomic E-state index is -0.488. The number of H-pyrrole nitrogens is 1. The fourth-order valence-corrected chi connectivity index (χ4v) is 3.02. The summed E-state index contributed by atoms with van der Waals surface area (Å²) in [5.41, 5.74) is 2.15. The summed E-state index contributed by atoms with van der Waals surface area (Å²) in [7, 11) is 1.38. The first-order valence-corrected chi connectivity index (χ1v) is 7.11. The lowest BCUT2D eigenvalue weighted by atomic mass is 10.1. The van der Waals surface area contributed by atoms with Crippen LogP contribution in [0.4, 0.5) is 0 Å². The summed E-state index contributed by atoms with van der Waals surface area (Å²) in [6.07, 6.45) is 2.99. The Kier molecular flexibility index (Phi) is 3.83. The van der Waals surface area contributed by atoms with Crippen LogP contribution in [-0.2, 0) is 9.53 Å². The van der Waals surface area contributed by atoms with Crippen LogP contribution >= 0.6 is 11.8 Å². The summed E-state index contributed by atoms with van der Waals surface area (Å²) in [4.78, 5) is 27.5. The van der Waals surface area contributed by atoms with Gasteiger partial charge in [0, 0.05) is 0 Å². The van der Waals surface area contributed by atoms with E-state index in [0.717, 1.165) is 5.56 Å². The van der Waals surface area contributed by atoms with Crippen LogP contribution in [0.25, 0.3) is 11.2 Å². The molecule has 0 aliphatic carbocycles. The van der Waals surface area contributed by atoms with Gasteiger partial charge in [-0.05, 0) is 5.56 Å². The number of nitrogens with zero attached hydrogens (tertiary/aromatic N) is 3. The van der Waals surface area contributed by atoms with E-state index >= 15 is 0 Å². The van der Waals surface area contributed by atoms with Gasteiger partial charge < -0.3 is 9.72 Å². The highest BCUT2D eigenvalue weighted by molar-refractivity contribution is 8.00. The molecule has 0 amide bonds. The molecule has 0 radical (unpaired) electrons. The number of benzene rings is 1. The molecule has 0 spiro atoms. The van der Waals surface area contributed by atoms with Crippen LogP contribution in [-0.4, -0.2) is 33.0 Å². The monoisotopic (exact) mass is 300 g/mol. The van der Waals surface area contributed by atoms with E-state index in [-0.39, 0.29) is 5.97 Å². The Labute approximate surface area is 125 Å². The average molecular weight is 300 g/mol. The number of thioether (sulfide) groups is 1. The van der Waals surface area contributed by atoms with Crippen molar-refractivity contribution in [3.8, 4) is 0 Å². The van der Waals surface area contributed by atoms with E-state index in [1.165, 1.54) is 25.2 Å². The van der Waals surface area contributed by atoms with Gasteiger partial charge in [0.25, 0.3) is 0 Å². The number of aromatic nitrogens is 4. The van der Waals surface area contributed by atoms with Gasteiger partial charge in [-0.3, -0.25) is 4.79 Å². The first-order valence-electron chi connectivity index (χ1n) is 6.23. The van der Waals surface area contributed by atoms with E-state index < -0.39 is 5.25 Å².